The van der Waals surface area contributed by atoms with Gasteiger partial charge in [-0.1, -0.05) is 0 Å². The minimum atomic E-state index is 0.138. The second kappa shape index (κ2) is 3.68. The summed E-state index contributed by atoms with van der Waals surface area (Å²) < 4.78 is 0. The van der Waals surface area contributed by atoms with Crippen LogP contribution < -0.4 is 10.6 Å². The molecule has 1 fully saturated rings. The molecule has 4 nitrogen and oxygen atoms in total. The fraction of sp³-hybridized carbons (Fsp3) is 0.636. The topological polar surface area (TPSA) is 49.8 Å². The van der Waals surface area contributed by atoms with Crippen molar-refractivity contribution in [3.8, 4) is 0 Å². The first-order valence-corrected chi connectivity index (χ1v) is 5.40. The van der Waals surface area contributed by atoms with Crippen LogP contribution in [0.25, 0.3) is 0 Å². The quantitative estimate of drug-likeness (QED) is 0.792. The first-order valence-electron chi connectivity index (χ1n) is 5.40. The number of rotatable bonds is 4. The molecule has 1 aliphatic carbocycles. The van der Waals surface area contributed by atoms with Gasteiger partial charge in [-0.15, -0.1) is 0 Å². The molecule has 82 valence electrons. The van der Waals surface area contributed by atoms with Crippen LogP contribution in [0.2, 0.25) is 0 Å². The van der Waals surface area contributed by atoms with Gasteiger partial charge in [0.1, 0.15) is 18.0 Å². The Kier molecular flexibility index (Phi) is 2.50. The third-order valence-corrected chi connectivity index (χ3v) is 2.97. The Morgan fingerprint density at radius 1 is 1.27 bits per heavy atom. The molecule has 1 heterocycles. The Balaban J connectivity index is 2.09. The molecule has 1 saturated carbocycles. The molecule has 1 aliphatic rings. The van der Waals surface area contributed by atoms with Crippen LogP contribution in [-0.2, 0) is 0 Å². The molecule has 0 unspecified atom stereocenters. The maximum absolute atomic E-state index is 4.22. The molecule has 2 N–H and O–H groups in total. The van der Waals surface area contributed by atoms with E-state index in [1.54, 1.807) is 6.33 Å². The molecule has 0 saturated heterocycles. The Morgan fingerprint density at radius 3 is 2.53 bits per heavy atom. The van der Waals surface area contributed by atoms with Gasteiger partial charge in [-0.05, 0) is 32.6 Å². The summed E-state index contributed by atoms with van der Waals surface area (Å²) in [6, 6.07) is 1.93. The lowest BCUT2D eigenvalue weighted by Gasteiger charge is -2.26. The van der Waals surface area contributed by atoms with Gasteiger partial charge in [0.25, 0.3) is 0 Å². The Hall–Kier alpha value is -1.32. The van der Waals surface area contributed by atoms with Crippen molar-refractivity contribution in [1.82, 2.24) is 9.97 Å². The van der Waals surface area contributed by atoms with Crippen LogP contribution in [0.5, 0.6) is 0 Å². The molecule has 2 rings (SSSR count). The summed E-state index contributed by atoms with van der Waals surface area (Å²) in [4.78, 5) is 8.31. The van der Waals surface area contributed by atoms with Crippen molar-refractivity contribution in [2.75, 3.05) is 17.7 Å². The number of hydrogen-bond donors (Lipinski definition) is 2. The molecule has 0 radical (unpaired) electrons. The Labute approximate surface area is 90.5 Å². The van der Waals surface area contributed by atoms with Gasteiger partial charge in [-0.25, -0.2) is 9.97 Å². The molecule has 0 bridgehead atoms. The van der Waals surface area contributed by atoms with Gasteiger partial charge in [0.05, 0.1) is 0 Å². The zero-order chi connectivity index (χ0) is 10.9. The number of nitrogens with zero attached hydrogens (tertiary/aromatic N) is 2. The molecule has 1 aromatic heterocycles. The molecule has 0 aromatic carbocycles. The van der Waals surface area contributed by atoms with Crippen LogP contribution in [0.1, 0.15) is 26.7 Å². The third-order valence-electron chi connectivity index (χ3n) is 2.97. The average Bonchev–Trinajstić information content (AvgIpc) is 3.00. The van der Waals surface area contributed by atoms with Crippen LogP contribution in [0.3, 0.4) is 0 Å². The van der Waals surface area contributed by atoms with E-state index in [-0.39, 0.29) is 5.54 Å². The van der Waals surface area contributed by atoms with Crippen molar-refractivity contribution >= 4 is 11.6 Å². The standard InChI is InChI=1S/C11H18N4/c1-11(2,8-4-5-8)15-10-6-9(12-3)13-7-14-10/h6-8H,4-5H2,1-3H3,(H2,12,13,14,15). The maximum Gasteiger partial charge on any atom is 0.131 e. The molecule has 0 aliphatic heterocycles. The number of aromatic nitrogens is 2. The zero-order valence-electron chi connectivity index (χ0n) is 9.54. The van der Waals surface area contributed by atoms with E-state index >= 15 is 0 Å². The van der Waals surface area contributed by atoms with Crippen LogP contribution in [0.15, 0.2) is 12.4 Å². The Bertz CT molecular complexity index is 344. The van der Waals surface area contributed by atoms with E-state index in [9.17, 15) is 0 Å². The van der Waals surface area contributed by atoms with Crippen molar-refractivity contribution < 1.29 is 0 Å². The number of anilines is 2. The van der Waals surface area contributed by atoms with Crippen LogP contribution in [-0.4, -0.2) is 22.6 Å². The fourth-order valence-corrected chi connectivity index (χ4v) is 1.80. The van der Waals surface area contributed by atoms with E-state index < -0.39 is 0 Å². The molecule has 1 aromatic rings. The molecular weight excluding hydrogens is 188 g/mol. The van der Waals surface area contributed by atoms with Crippen molar-refractivity contribution in [3.63, 3.8) is 0 Å². The van der Waals surface area contributed by atoms with E-state index in [2.05, 4.69) is 34.4 Å². The monoisotopic (exact) mass is 206 g/mol. The summed E-state index contributed by atoms with van der Waals surface area (Å²) in [6.45, 7) is 4.46. The summed E-state index contributed by atoms with van der Waals surface area (Å²) >= 11 is 0. The SMILES string of the molecule is CNc1cc(NC(C)(C)C2CC2)ncn1. The minimum Gasteiger partial charge on any atom is -0.373 e. The van der Waals surface area contributed by atoms with Crippen molar-refractivity contribution in [2.24, 2.45) is 5.92 Å². The van der Waals surface area contributed by atoms with Gasteiger partial charge in [0.15, 0.2) is 0 Å². The van der Waals surface area contributed by atoms with E-state index in [0.717, 1.165) is 17.6 Å². The highest BCUT2D eigenvalue weighted by atomic mass is 15.1. The molecular formula is C11H18N4. The van der Waals surface area contributed by atoms with Gasteiger partial charge < -0.3 is 10.6 Å². The van der Waals surface area contributed by atoms with Crippen molar-refractivity contribution in [2.45, 2.75) is 32.2 Å². The van der Waals surface area contributed by atoms with Gasteiger partial charge in [-0.3, -0.25) is 0 Å². The highest BCUT2D eigenvalue weighted by Crippen LogP contribution is 2.40. The van der Waals surface area contributed by atoms with Crippen LogP contribution >= 0.6 is 0 Å². The summed E-state index contributed by atoms with van der Waals surface area (Å²) in [7, 11) is 1.86. The molecule has 0 amide bonds. The molecule has 15 heavy (non-hydrogen) atoms. The van der Waals surface area contributed by atoms with Gasteiger partial charge >= 0.3 is 0 Å². The van der Waals surface area contributed by atoms with Gasteiger partial charge in [0, 0.05) is 18.7 Å². The lowest BCUT2D eigenvalue weighted by atomic mass is 9.99. The zero-order valence-corrected chi connectivity index (χ0v) is 9.54. The average molecular weight is 206 g/mol. The summed E-state index contributed by atoms with van der Waals surface area (Å²) in [5, 5.41) is 6.47. The lowest BCUT2D eigenvalue weighted by molar-refractivity contribution is 0.492. The predicted octanol–water partition coefficient (Wildman–Crippen LogP) is 2.12. The second-order valence-corrected chi connectivity index (χ2v) is 4.66. The number of nitrogens with one attached hydrogen (secondary N) is 2. The fourth-order valence-electron chi connectivity index (χ4n) is 1.80. The largest absolute Gasteiger partial charge is 0.373 e. The van der Waals surface area contributed by atoms with E-state index in [1.807, 2.05) is 13.1 Å². The smallest absolute Gasteiger partial charge is 0.131 e. The highest BCUT2D eigenvalue weighted by molar-refractivity contribution is 5.47. The first kappa shape index (κ1) is 10.2. The Morgan fingerprint density at radius 2 is 1.93 bits per heavy atom. The van der Waals surface area contributed by atoms with Crippen LogP contribution in [0.4, 0.5) is 11.6 Å². The normalized spacial score (nSPS) is 16.2. The molecule has 0 atom stereocenters. The predicted molar refractivity (Wildman–Crippen MR) is 62.0 cm³/mol. The highest BCUT2D eigenvalue weighted by Gasteiger charge is 2.37. The van der Waals surface area contributed by atoms with Crippen LogP contribution in [0, 0.1) is 5.92 Å². The van der Waals surface area contributed by atoms with E-state index in [1.165, 1.54) is 12.8 Å². The lowest BCUT2D eigenvalue weighted by Crippen LogP contribution is -2.33. The minimum absolute atomic E-state index is 0.138. The summed E-state index contributed by atoms with van der Waals surface area (Å²) in [5.41, 5.74) is 0.138. The summed E-state index contributed by atoms with van der Waals surface area (Å²) in [6.07, 6.45) is 4.23. The van der Waals surface area contributed by atoms with Gasteiger partial charge in [0.2, 0.25) is 0 Å². The van der Waals surface area contributed by atoms with Gasteiger partial charge in [-0.2, -0.15) is 0 Å². The maximum atomic E-state index is 4.22. The molecule has 4 heteroatoms. The van der Waals surface area contributed by atoms with E-state index in [0.29, 0.717) is 0 Å². The van der Waals surface area contributed by atoms with Crippen molar-refractivity contribution in [3.05, 3.63) is 12.4 Å². The first-order chi connectivity index (χ1) is 7.12. The second-order valence-electron chi connectivity index (χ2n) is 4.66. The third kappa shape index (κ3) is 2.37. The molecule has 0 spiro atoms. The van der Waals surface area contributed by atoms with E-state index in [4.69, 9.17) is 0 Å². The summed E-state index contributed by atoms with van der Waals surface area (Å²) in [5.74, 6) is 2.52. The van der Waals surface area contributed by atoms with Crippen molar-refractivity contribution in [1.29, 1.82) is 0 Å². The number of hydrogen-bond acceptors (Lipinski definition) is 4.